The van der Waals surface area contributed by atoms with Gasteiger partial charge in [0.15, 0.2) is 0 Å². The van der Waals surface area contributed by atoms with Crippen LogP contribution >= 0.6 is 21.6 Å². The Hall–Kier alpha value is -1.26. The van der Waals surface area contributed by atoms with Crippen LogP contribution < -0.4 is 0 Å². The maximum Gasteiger partial charge on any atom is 0.0852 e. The second-order valence-electron chi connectivity index (χ2n) is 3.62. The molecule has 1 aliphatic rings. The van der Waals surface area contributed by atoms with Crippen molar-refractivity contribution >= 4 is 27.2 Å². The van der Waals surface area contributed by atoms with Crippen molar-refractivity contribution in [2.75, 3.05) is 0 Å². The van der Waals surface area contributed by atoms with E-state index < -0.39 is 0 Å². The van der Waals surface area contributed by atoms with Crippen LogP contribution in [0.3, 0.4) is 0 Å². The Kier molecular flexibility index (Phi) is 3.16. The summed E-state index contributed by atoms with van der Waals surface area (Å²) in [5.41, 5.74) is 3.39. The second kappa shape index (κ2) is 4.94. The lowest BCUT2D eigenvalue weighted by Gasteiger charge is -2.11. The van der Waals surface area contributed by atoms with Crippen LogP contribution in [0.5, 0.6) is 0 Å². The van der Waals surface area contributed by atoms with E-state index in [-0.39, 0.29) is 5.25 Å². The number of rotatable bonds is 2. The molecule has 1 aliphatic heterocycles. The second-order valence-corrected chi connectivity index (χ2v) is 5.86. The zero-order chi connectivity index (χ0) is 11.5. The first-order chi connectivity index (χ1) is 8.45. The molecule has 0 radical (unpaired) electrons. The van der Waals surface area contributed by atoms with Gasteiger partial charge in [0.05, 0.1) is 16.6 Å². The van der Waals surface area contributed by atoms with Gasteiger partial charge in [0.2, 0.25) is 0 Å². The molecule has 0 spiro atoms. The van der Waals surface area contributed by atoms with E-state index >= 15 is 0 Å². The fourth-order valence-corrected chi connectivity index (χ4v) is 4.28. The van der Waals surface area contributed by atoms with Crippen LogP contribution in [0.1, 0.15) is 16.6 Å². The molecule has 4 heteroatoms. The summed E-state index contributed by atoms with van der Waals surface area (Å²) in [6.45, 7) is 0. The van der Waals surface area contributed by atoms with Crippen molar-refractivity contribution in [2.45, 2.75) is 5.25 Å². The number of hydrogen-bond acceptors (Lipinski definition) is 4. The van der Waals surface area contributed by atoms with E-state index in [0.29, 0.717) is 0 Å². The standard InChI is InChI=1S/C13H10N2S2/c1-3-7-14-11(5-1)10-9-16-17-13(10)12-6-2-4-8-15-12/h1-9,13H. The van der Waals surface area contributed by atoms with Crippen molar-refractivity contribution < 1.29 is 0 Å². The third kappa shape index (κ3) is 2.23. The lowest BCUT2D eigenvalue weighted by molar-refractivity contribution is 1.09. The molecule has 0 N–H and O–H groups in total. The quantitative estimate of drug-likeness (QED) is 0.762. The molecule has 0 fully saturated rings. The third-order valence-corrected chi connectivity index (χ3v) is 4.87. The van der Waals surface area contributed by atoms with Crippen molar-refractivity contribution in [3.63, 3.8) is 0 Å². The average molecular weight is 258 g/mol. The monoisotopic (exact) mass is 258 g/mol. The van der Waals surface area contributed by atoms with Crippen LogP contribution in [0.4, 0.5) is 0 Å². The number of aromatic nitrogens is 2. The van der Waals surface area contributed by atoms with E-state index in [1.54, 1.807) is 10.8 Å². The largest absolute Gasteiger partial charge is 0.260 e. The highest BCUT2D eigenvalue weighted by Gasteiger charge is 2.25. The highest BCUT2D eigenvalue weighted by Crippen LogP contribution is 2.53. The Morgan fingerprint density at radius 2 is 1.76 bits per heavy atom. The molecule has 0 saturated carbocycles. The summed E-state index contributed by atoms with van der Waals surface area (Å²) in [4.78, 5) is 8.85. The van der Waals surface area contributed by atoms with Crippen LogP contribution in [0, 0.1) is 0 Å². The van der Waals surface area contributed by atoms with Crippen LogP contribution in [0.15, 0.2) is 54.2 Å². The summed E-state index contributed by atoms with van der Waals surface area (Å²) in [5.74, 6) is 0. The van der Waals surface area contributed by atoms with Gasteiger partial charge in [0.25, 0.3) is 0 Å². The number of hydrogen-bond donors (Lipinski definition) is 0. The fourth-order valence-electron chi connectivity index (χ4n) is 1.72. The molecule has 3 heterocycles. The third-order valence-electron chi connectivity index (χ3n) is 2.53. The molecule has 2 aromatic rings. The Bertz CT molecular complexity index is 526. The van der Waals surface area contributed by atoms with Gasteiger partial charge in [-0.15, -0.1) is 0 Å². The number of nitrogens with zero attached hydrogens (tertiary/aromatic N) is 2. The SMILES string of the molecule is C1=C(c2ccccn2)C(c2ccccn2)SS1. The lowest BCUT2D eigenvalue weighted by Crippen LogP contribution is -1.98. The van der Waals surface area contributed by atoms with Crippen LogP contribution in [0.2, 0.25) is 0 Å². The topological polar surface area (TPSA) is 25.8 Å². The van der Waals surface area contributed by atoms with Gasteiger partial charge in [-0.05, 0) is 29.7 Å². The Labute approximate surface area is 108 Å². The molecule has 0 amide bonds. The van der Waals surface area contributed by atoms with Crippen LogP contribution in [0.25, 0.3) is 5.57 Å². The summed E-state index contributed by atoms with van der Waals surface area (Å²) in [5, 5.41) is 2.46. The van der Waals surface area contributed by atoms with Gasteiger partial charge in [-0.3, -0.25) is 9.97 Å². The normalized spacial score (nSPS) is 19.1. The zero-order valence-corrected chi connectivity index (χ0v) is 10.6. The smallest absolute Gasteiger partial charge is 0.0852 e. The summed E-state index contributed by atoms with van der Waals surface area (Å²) < 4.78 is 0. The van der Waals surface area contributed by atoms with Gasteiger partial charge in [-0.1, -0.05) is 33.7 Å². The van der Waals surface area contributed by atoms with Gasteiger partial charge < -0.3 is 0 Å². The molecule has 1 unspecified atom stereocenters. The van der Waals surface area contributed by atoms with Crippen molar-refractivity contribution in [1.29, 1.82) is 0 Å². The van der Waals surface area contributed by atoms with Gasteiger partial charge in [-0.25, -0.2) is 0 Å². The Morgan fingerprint density at radius 3 is 2.47 bits per heavy atom. The molecule has 2 nitrogen and oxygen atoms in total. The summed E-state index contributed by atoms with van der Waals surface area (Å²) in [6, 6.07) is 12.1. The van der Waals surface area contributed by atoms with Crippen LogP contribution in [-0.4, -0.2) is 9.97 Å². The van der Waals surface area contributed by atoms with Crippen molar-refractivity contribution in [3.8, 4) is 0 Å². The van der Waals surface area contributed by atoms with E-state index in [1.165, 1.54) is 5.57 Å². The van der Waals surface area contributed by atoms with Crippen molar-refractivity contribution in [1.82, 2.24) is 9.97 Å². The van der Waals surface area contributed by atoms with E-state index in [0.717, 1.165) is 11.4 Å². The minimum Gasteiger partial charge on any atom is -0.260 e. The first-order valence-corrected chi connectivity index (χ1v) is 7.57. The van der Waals surface area contributed by atoms with E-state index in [1.807, 2.05) is 53.5 Å². The van der Waals surface area contributed by atoms with E-state index in [2.05, 4.69) is 21.4 Å². The molecule has 84 valence electrons. The highest BCUT2D eigenvalue weighted by molar-refractivity contribution is 8.78. The molecule has 0 saturated heterocycles. The van der Waals surface area contributed by atoms with E-state index in [9.17, 15) is 0 Å². The molecule has 0 aliphatic carbocycles. The van der Waals surface area contributed by atoms with Gasteiger partial charge in [-0.2, -0.15) is 0 Å². The van der Waals surface area contributed by atoms with E-state index in [4.69, 9.17) is 0 Å². The van der Waals surface area contributed by atoms with Crippen molar-refractivity contribution in [2.24, 2.45) is 0 Å². The summed E-state index contributed by atoms with van der Waals surface area (Å²) in [7, 11) is 3.57. The fraction of sp³-hybridized carbons (Fsp3) is 0.0769. The maximum absolute atomic E-state index is 4.43. The maximum atomic E-state index is 4.43. The number of pyridine rings is 2. The van der Waals surface area contributed by atoms with Gasteiger partial charge >= 0.3 is 0 Å². The molecule has 3 rings (SSSR count). The Balaban J connectivity index is 1.96. The summed E-state index contributed by atoms with van der Waals surface area (Å²) in [6.07, 6.45) is 3.67. The lowest BCUT2D eigenvalue weighted by atomic mass is 10.1. The minimum atomic E-state index is 0.288. The minimum absolute atomic E-state index is 0.288. The average Bonchev–Trinajstić information content (AvgIpc) is 2.90. The molecule has 1 atom stereocenters. The highest BCUT2D eigenvalue weighted by atomic mass is 33.1. The van der Waals surface area contributed by atoms with Gasteiger partial charge in [0.1, 0.15) is 0 Å². The molecule has 0 aromatic carbocycles. The predicted molar refractivity (Wildman–Crippen MR) is 74.4 cm³/mol. The molecular formula is C13H10N2S2. The summed E-state index contributed by atoms with van der Waals surface area (Å²) >= 11 is 0. The predicted octanol–water partition coefficient (Wildman–Crippen LogP) is 3.95. The first kappa shape index (κ1) is 10.9. The van der Waals surface area contributed by atoms with Crippen molar-refractivity contribution in [3.05, 3.63) is 65.6 Å². The molecule has 2 aromatic heterocycles. The molecule has 17 heavy (non-hydrogen) atoms. The first-order valence-electron chi connectivity index (χ1n) is 5.30. The zero-order valence-electron chi connectivity index (χ0n) is 8.98. The molecule has 0 bridgehead atoms. The Morgan fingerprint density at radius 1 is 0.941 bits per heavy atom. The van der Waals surface area contributed by atoms with Gasteiger partial charge in [0, 0.05) is 18.0 Å². The van der Waals surface area contributed by atoms with Crippen LogP contribution in [-0.2, 0) is 0 Å². The molecular weight excluding hydrogens is 248 g/mol.